The van der Waals surface area contributed by atoms with Gasteiger partial charge in [0.05, 0.1) is 6.54 Å². The lowest BCUT2D eigenvalue weighted by Gasteiger charge is -2.18. The van der Waals surface area contributed by atoms with E-state index in [2.05, 4.69) is 27.9 Å². The second kappa shape index (κ2) is 5.65. The van der Waals surface area contributed by atoms with Gasteiger partial charge in [-0.1, -0.05) is 36.4 Å². The predicted octanol–water partition coefficient (Wildman–Crippen LogP) is 4.50. The van der Waals surface area contributed by atoms with Crippen LogP contribution in [0.25, 0.3) is 0 Å². The smallest absolute Gasteiger partial charge is 0.290 e. The third kappa shape index (κ3) is 3.41. The Balaban J connectivity index is 2.05. The highest BCUT2D eigenvalue weighted by Crippen LogP contribution is 2.28. The highest BCUT2D eigenvalue weighted by molar-refractivity contribution is 14.1. The topological polar surface area (TPSA) is 12.0 Å². The molecule has 0 unspecified atom stereocenters. The minimum Gasteiger partial charge on any atom is -0.379 e. The zero-order valence-corrected chi connectivity index (χ0v) is 11.7. The van der Waals surface area contributed by atoms with Crippen LogP contribution in [0.4, 0.5) is 14.5 Å². The zero-order chi connectivity index (χ0) is 13.0. The van der Waals surface area contributed by atoms with E-state index in [1.165, 1.54) is 12.1 Å². The van der Waals surface area contributed by atoms with Crippen molar-refractivity contribution in [1.29, 1.82) is 0 Å². The second-order valence-corrected chi connectivity index (χ2v) is 5.18. The van der Waals surface area contributed by atoms with E-state index < -0.39 is 12.5 Å². The van der Waals surface area contributed by atoms with Crippen molar-refractivity contribution in [3.05, 3.63) is 63.7 Å². The second-order valence-electron chi connectivity index (χ2n) is 3.93. The van der Waals surface area contributed by atoms with E-state index in [0.29, 0.717) is 5.69 Å². The number of benzene rings is 2. The van der Waals surface area contributed by atoms with Gasteiger partial charge in [0.15, 0.2) is 0 Å². The van der Waals surface area contributed by atoms with E-state index in [-0.39, 0.29) is 5.56 Å². The molecule has 0 aliphatic heterocycles. The highest BCUT2D eigenvalue weighted by Gasteiger charge is 2.30. The molecule has 94 valence electrons. The van der Waals surface area contributed by atoms with Crippen molar-refractivity contribution in [3.63, 3.8) is 0 Å². The molecule has 0 aliphatic rings. The highest BCUT2D eigenvalue weighted by atomic mass is 127. The molecule has 0 heterocycles. The standard InChI is InChI=1S/C14H12F2IN/c15-14(16,11-5-2-1-3-6-11)10-18-13-8-4-7-12(17)9-13/h1-9,18H,10H2. The first-order chi connectivity index (χ1) is 8.58. The van der Waals surface area contributed by atoms with Crippen LogP contribution in [0.1, 0.15) is 5.56 Å². The lowest BCUT2D eigenvalue weighted by molar-refractivity contribution is 0.0106. The number of hydrogen-bond acceptors (Lipinski definition) is 1. The maximum absolute atomic E-state index is 13.9. The molecule has 0 aliphatic carbocycles. The van der Waals surface area contributed by atoms with Gasteiger partial charge in [0.25, 0.3) is 5.92 Å². The van der Waals surface area contributed by atoms with Crippen molar-refractivity contribution >= 4 is 28.3 Å². The predicted molar refractivity (Wildman–Crippen MR) is 78.0 cm³/mol. The average Bonchev–Trinajstić information content (AvgIpc) is 2.38. The number of anilines is 1. The molecule has 2 rings (SSSR count). The van der Waals surface area contributed by atoms with Gasteiger partial charge in [-0.15, -0.1) is 0 Å². The number of nitrogens with one attached hydrogen (secondary N) is 1. The SMILES string of the molecule is FC(F)(CNc1cccc(I)c1)c1ccccc1. The molecule has 0 amide bonds. The van der Waals surface area contributed by atoms with Crippen LogP contribution in [-0.4, -0.2) is 6.54 Å². The minimum atomic E-state index is -2.87. The summed E-state index contributed by atoms with van der Waals surface area (Å²) >= 11 is 2.15. The Kier molecular flexibility index (Phi) is 4.16. The van der Waals surface area contributed by atoms with E-state index >= 15 is 0 Å². The largest absolute Gasteiger partial charge is 0.379 e. The Morgan fingerprint density at radius 3 is 2.39 bits per heavy atom. The van der Waals surface area contributed by atoms with Crippen LogP contribution < -0.4 is 5.32 Å². The van der Waals surface area contributed by atoms with Crippen molar-refractivity contribution < 1.29 is 8.78 Å². The van der Waals surface area contributed by atoms with Crippen LogP contribution in [0, 0.1) is 3.57 Å². The van der Waals surface area contributed by atoms with E-state index in [1.807, 2.05) is 18.2 Å². The van der Waals surface area contributed by atoms with E-state index in [9.17, 15) is 8.78 Å². The van der Waals surface area contributed by atoms with E-state index in [4.69, 9.17) is 0 Å². The van der Waals surface area contributed by atoms with Crippen LogP contribution in [0.3, 0.4) is 0 Å². The molecule has 1 N–H and O–H groups in total. The molecule has 0 fully saturated rings. The summed E-state index contributed by atoms with van der Waals surface area (Å²) in [6.07, 6.45) is 0. The molecule has 0 saturated heterocycles. The minimum absolute atomic E-state index is 0.0307. The number of alkyl halides is 2. The number of halogens is 3. The van der Waals surface area contributed by atoms with Gasteiger partial charge in [-0.05, 0) is 40.8 Å². The molecule has 4 heteroatoms. The zero-order valence-electron chi connectivity index (χ0n) is 9.54. The molecule has 2 aromatic rings. The summed E-state index contributed by atoms with van der Waals surface area (Å²) in [6, 6.07) is 15.2. The van der Waals surface area contributed by atoms with Crippen molar-refractivity contribution in [2.75, 3.05) is 11.9 Å². The maximum Gasteiger partial charge on any atom is 0.290 e. The summed E-state index contributed by atoms with van der Waals surface area (Å²) in [7, 11) is 0. The number of hydrogen-bond donors (Lipinski definition) is 1. The summed E-state index contributed by atoms with van der Waals surface area (Å²) in [5.74, 6) is -2.87. The lowest BCUT2D eigenvalue weighted by atomic mass is 10.1. The first-order valence-electron chi connectivity index (χ1n) is 5.51. The van der Waals surface area contributed by atoms with E-state index in [1.54, 1.807) is 24.3 Å². The fraction of sp³-hybridized carbons (Fsp3) is 0.143. The molecular formula is C14H12F2IN. The quantitative estimate of drug-likeness (QED) is 0.793. The van der Waals surface area contributed by atoms with Gasteiger partial charge in [0, 0.05) is 14.8 Å². The summed E-state index contributed by atoms with van der Waals surface area (Å²) in [4.78, 5) is 0. The van der Waals surface area contributed by atoms with Crippen molar-refractivity contribution in [2.24, 2.45) is 0 Å². The molecule has 0 aromatic heterocycles. The average molecular weight is 359 g/mol. The van der Waals surface area contributed by atoms with Crippen molar-refractivity contribution in [3.8, 4) is 0 Å². The van der Waals surface area contributed by atoms with Gasteiger partial charge in [-0.3, -0.25) is 0 Å². The molecule has 0 atom stereocenters. The molecule has 1 nitrogen and oxygen atoms in total. The molecule has 0 bridgehead atoms. The fourth-order valence-corrected chi connectivity index (χ4v) is 2.14. The van der Waals surface area contributed by atoms with Gasteiger partial charge in [-0.25, -0.2) is 0 Å². The first kappa shape index (κ1) is 13.3. The van der Waals surface area contributed by atoms with Crippen LogP contribution in [0.15, 0.2) is 54.6 Å². The Labute approximate surface area is 118 Å². The summed E-state index contributed by atoms with van der Waals surface area (Å²) in [5.41, 5.74) is 0.737. The first-order valence-corrected chi connectivity index (χ1v) is 6.58. The van der Waals surface area contributed by atoms with Crippen LogP contribution in [-0.2, 0) is 5.92 Å². The van der Waals surface area contributed by atoms with Crippen molar-refractivity contribution in [1.82, 2.24) is 0 Å². The van der Waals surface area contributed by atoms with Gasteiger partial charge >= 0.3 is 0 Å². The van der Waals surface area contributed by atoms with Crippen LogP contribution in [0.2, 0.25) is 0 Å². The van der Waals surface area contributed by atoms with Gasteiger partial charge in [-0.2, -0.15) is 8.78 Å². The maximum atomic E-state index is 13.9. The lowest BCUT2D eigenvalue weighted by Crippen LogP contribution is -2.24. The van der Waals surface area contributed by atoms with Gasteiger partial charge < -0.3 is 5.32 Å². The monoisotopic (exact) mass is 359 g/mol. The Morgan fingerprint density at radius 1 is 1.00 bits per heavy atom. The Bertz CT molecular complexity index is 514. The fourth-order valence-electron chi connectivity index (χ4n) is 1.60. The summed E-state index contributed by atoms with van der Waals surface area (Å²) < 4.78 is 28.8. The normalized spacial score (nSPS) is 11.3. The third-order valence-corrected chi connectivity index (χ3v) is 3.21. The molecular weight excluding hydrogens is 347 g/mol. The van der Waals surface area contributed by atoms with Crippen LogP contribution in [0.5, 0.6) is 0 Å². The summed E-state index contributed by atoms with van der Waals surface area (Å²) in [6.45, 7) is -0.406. The molecule has 2 aromatic carbocycles. The Hall–Kier alpha value is -1.17. The van der Waals surface area contributed by atoms with Gasteiger partial charge in [0.2, 0.25) is 0 Å². The van der Waals surface area contributed by atoms with E-state index in [0.717, 1.165) is 3.57 Å². The third-order valence-electron chi connectivity index (χ3n) is 2.54. The van der Waals surface area contributed by atoms with Crippen LogP contribution >= 0.6 is 22.6 Å². The molecule has 0 spiro atoms. The molecule has 0 radical (unpaired) electrons. The molecule has 18 heavy (non-hydrogen) atoms. The number of rotatable bonds is 4. The van der Waals surface area contributed by atoms with Gasteiger partial charge in [0.1, 0.15) is 0 Å². The summed E-state index contributed by atoms with van der Waals surface area (Å²) in [5, 5.41) is 2.77. The molecule has 0 saturated carbocycles. The Morgan fingerprint density at radius 2 is 1.72 bits per heavy atom. The van der Waals surface area contributed by atoms with Crippen molar-refractivity contribution in [2.45, 2.75) is 5.92 Å².